The van der Waals surface area contributed by atoms with E-state index in [4.69, 9.17) is 4.98 Å². The second kappa shape index (κ2) is 10.7. The fourth-order valence-corrected chi connectivity index (χ4v) is 4.44. The number of carbonyl (C=O) groups is 1. The predicted molar refractivity (Wildman–Crippen MR) is 130 cm³/mol. The van der Waals surface area contributed by atoms with Crippen LogP contribution in [0.3, 0.4) is 0 Å². The number of benzene rings is 2. The van der Waals surface area contributed by atoms with Crippen LogP contribution < -0.4 is 5.32 Å². The number of nitrogens with zero attached hydrogens (tertiary/aromatic N) is 3. The van der Waals surface area contributed by atoms with E-state index in [0.29, 0.717) is 12.1 Å². The highest BCUT2D eigenvalue weighted by molar-refractivity contribution is 6.04. The van der Waals surface area contributed by atoms with Gasteiger partial charge in [0.2, 0.25) is 0 Å². The number of rotatable bonds is 9. The van der Waals surface area contributed by atoms with Gasteiger partial charge in [0.05, 0.1) is 11.1 Å². The number of aromatic nitrogens is 2. The first-order valence-corrected chi connectivity index (χ1v) is 11.8. The SMILES string of the molecule is CN(C)CCNC(=O)c1cccc2[nH]c(CCc3ccccc3CN3CCCCC3)nc12. The Labute approximate surface area is 191 Å². The lowest BCUT2D eigenvalue weighted by Crippen LogP contribution is -2.31. The third kappa shape index (κ3) is 5.75. The van der Waals surface area contributed by atoms with Gasteiger partial charge in [-0.15, -0.1) is 0 Å². The Morgan fingerprint density at radius 2 is 1.81 bits per heavy atom. The number of hydrogen-bond donors (Lipinski definition) is 2. The van der Waals surface area contributed by atoms with Crippen LogP contribution in [0.4, 0.5) is 0 Å². The van der Waals surface area contributed by atoms with Gasteiger partial charge >= 0.3 is 0 Å². The number of para-hydroxylation sites is 1. The Kier molecular flexibility index (Phi) is 7.55. The molecule has 170 valence electrons. The van der Waals surface area contributed by atoms with E-state index in [9.17, 15) is 4.79 Å². The van der Waals surface area contributed by atoms with Crippen LogP contribution in [0.5, 0.6) is 0 Å². The van der Waals surface area contributed by atoms with Crippen molar-refractivity contribution in [2.75, 3.05) is 40.3 Å². The van der Waals surface area contributed by atoms with Gasteiger partial charge in [0.1, 0.15) is 11.3 Å². The first-order chi connectivity index (χ1) is 15.6. The number of nitrogens with one attached hydrogen (secondary N) is 2. The Balaban J connectivity index is 1.44. The molecule has 0 bridgehead atoms. The molecule has 1 saturated heterocycles. The smallest absolute Gasteiger partial charge is 0.253 e. The average Bonchev–Trinajstić information content (AvgIpc) is 3.22. The molecule has 0 unspecified atom stereocenters. The number of likely N-dealkylation sites (N-methyl/N-ethyl adjacent to an activating group) is 1. The normalized spacial score (nSPS) is 14.8. The fourth-order valence-electron chi connectivity index (χ4n) is 4.44. The molecular formula is C26H35N5O. The minimum atomic E-state index is -0.0672. The number of amides is 1. The van der Waals surface area contributed by atoms with E-state index in [0.717, 1.165) is 42.8 Å². The molecule has 0 radical (unpaired) electrons. The molecule has 3 aromatic rings. The van der Waals surface area contributed by atoms with Crippen molar-refractivity contribution in [1.82, 2.24) is 25.1 Å². The zero-order valence-electron chi connectivity index (χ0n) is 19.4. The fraction of sp³-hybridized carbons (Fsp3) is 0.462. The van der Waals surface area contributed by atoms with E-state index < -0.39 is 0 Å². The number of likely N-dealkylation sites (tertiary alicyclic amines) is 1. The van der Waals surface area contributed by atoms with E-state index in [2.05, 4.69) is 44.4 Å². The highest BCUT2D eigenvalue weighted by Gasteiger charge is 2.15. The molecule has 0 aliphatic carbocycles. The summed E-state index contributed by atoms with van der Waals surface area (Å²) in [5.74, 6) is 0.865. The first-order valence-electron chi connectivity index (χ1n) is 11.8. The monoisotopic (exact) mass is 433 g/mol. The van der Waals surface area contributed by atoms with Crippen molar-refractivity contribution >= 4 is 16.9 Å². The standard InChI is InChI=1S/C26H35N5O/c1-30(2)18-15-27-26(32)22-11-8-12-23-25(22)29-24(28-23)14-13-20-9-4-5-10-21(20)19-31-16-6-3-7-17-31/h4-5,8-12H,3,6-7,13-19H2,1-2H3,(H,27,32)(H,28,29). The molecule has 2 N–H and O–H groups in total. The Hall–Kier alpha value is -2.70. The lowest BCUT2D eigenvalue weighted by Gasteiger charge is -2.27. The number of piperidine rings is 1. The minimum Gasteiger partial charge on any atom is -0.351 e. The van der Waals surface area contributed by atoms with Crippen molar-refractivity contribution in [3.63, 3.8) is 0 Å². The summed E-state index contributed by atoms with van der Waals surface area (Å²) in [5.41, 5.74) is 5.12. The van der Waals surface area contributed by atoms with Crippen molar-refractivity contribution in [3.05, 3.63) is 65.0 Å². The van der Waals surface area contributed by atoms with Crippen LogP contribution >= 0.6 is 0 Å². The molecule has 6 heteroatoms. The zero-order valence-corrected chi connectivity index (χ0v) is 19.4. The maximum atomic E-state index is 12.7. The van der Waals surface area contributed by atoms with Crippen LogP contribution in [0.25, 0.3) is 11.0 Å². The van der Waals surface area contributed by atoms with E-state index >= 15 is 0 Å². The molecule has 1 aliphatic rings. The Morgan fingerprint density at radius 1 is 1.03 bits per heavy atom. The summed E-state index contributed by atoms with van der Waals surface area (Å²) < 4.78 is 0. The third-order valence-electron chi connectivity index (χ3n) is 6.24. The van der Waals surface area contributed by atoms with Gasteiger partial charge in [-0.3, -0.25) is 9.69 Å². The highest BCUT2D eigenvalue weighted by atomic mass is 16.1. The van der Waals surface area contributed by atoms with Gasteiger partial charge in [-0.25, -0.2) is 4.98 Å². The van der Waals surface area contributed by atoms with Crippen LogP contribution in [-0.2, 0) is 19.4 Å². The van der Waals surface area contributed by atoms with Gasteiger partial charge in [-0.2, -0.15) is 0 Å². The number of aryl methyl sites for hydroxylation is 2. The summed E-state index contributed by atoms with van der Waals surface area (Å²) in [5, 5.41) is 3.00. The van der Waals surface area contributed by atoms with Crippen LogP contribution in [0.1, 0.15) is 46.6 Å². The quantitative estimate of drug-likeness (QED) is 0.541. The topological polar surface area (TPSA) is 64.3 Å². The highest BCUT2D eigenvalue weighted by Crippen LogP contribution is 2.20. The first kappa shape index (κ1) is 22.5. The molecule has 1 fully saturated rings. The number of aromatic amines is 1. The summed E-state index contributed by atoms with van der Waals surface area (Å²) >= 11 is 0. The van der Waals surface area contributed by atoms with Gasteiger partial charge in [0.25, 0.3) is 5.91 Å². The number of imidazole rings is 1. The molecule has 2 aromatic carbocycles. The van der Waals surface area contributed by atoms with Gasteiger partial charge in [0, 0.05) is 26.1 Å². The minimum absolute atomic E-state index is 0.0672. The van der Waals surface area contributed by atoms with Crippen LogP contribution in [0, 0.1) is 0 Å². The number of carbonyl (C=O) groups excluding carboxylic acids is 1. The third-order valence-corrected chi connectivity index (χ3v) is 6.24. The maximum Gasteiger partial charge on any atom is 0.253 e. The van der Waals surface area contributed by atoms with Crippen molar-refractivity contribution in [2.45, 2.75) is 38.6 Å². The molecule has 2 heterocycles. The number of H-pyrrole nitrogens is 1. The summed E-state index contributed by atoms with van der Waals surface area (Å²) in [6.07, 6.45) is 5.75. The maximum absolute atomic E-state index is 12.7. The lowest BCUT2D eigenvalue weighted by molar-refractivity contribution is 0.0952. The number of fused-ring (bicyclic) bond motifs is 1. The molecule has 0 saturated carbocycles. The zero-order chi connectivity index (χ0) is 22.3. The predicted octanol–water partition coefficient (Wildman–Crippen LogP) is 3.63. The van der Waals surface area contributed by atoms with Crippen LogP contribution in [0.15, 0.2) is 42.5 Å². The van der Waals surface area contributed by atoms with Crippen molar-refractivity contribution in [3.8, 4) is 0 Å². The second-order valence-electron chi connectivity index (χ2n) is 9.05. The van der Waals surface area contributed by atoms with Gasteiger partial charge in [-0.05, 0) is 69.7 Å². The van der Waals surface area contributed by atoms with E-state index in [-0.39, 0.29) is 5.91 Å². The Morgan fingerprint density at radius 3 is 2.59 bits per heavy atom. The number of hydrogen-bond acceptors (Lipinski definition) is 4. The Bertz CT molecular complexity index is 1040. The van der Waals surface area contributed by atoms with Gasteiger partial charge < -0.3 is 15.2 Å². The molecule has 0 spiro atoms. The van der Waals surface area contributed by atoms with E-state index in [1.54, 1.807) is 0 Å². The van der Waals surface area contributed by atoms with Crippen LogP contribution in [0.2, 0.25) is 0 Å². The summed E-state index contributed by atoms with van der Waals surface area (Å²) in [6, 6.07) is 14.5. The summed E-state index contributed by atoms with van der Waals surface area (Å²) in [6.45, 7) is 4.87. The van der Waals surface area contributed by atoms with Crippen molar-refractivity contribution < 1.29 is 4.79 Å². The van der Waals surface area contributed by atoms with Gasteiger partial charge in [0.15, 0.2) is 0 Å². The second-order valence-corrected chi connectivity index (χ2v) is 9.05. The van der Waals surface area contributed by atoms with Crippen molar-refractivity contribution in [1.29, 1.82) is 0 Å². The molecule has 4 rings (SSSR count). The molecule has 1 amide bonds. The average molecular weight is 434 g/mol. The molecule has 32 heavy (non-hydrogen) atoms. The van der Waals surface area contributed by atoms with E-state index in [1.165, 1.54) is 43.5 Å². The molecule has 1 aliphatic heterocycles. The molecular weight excluding hydrogens is 398 g/mol. The largest absolute Gasteiger partial charge is 0.351 e. The van der Waals surface area contributed by atoms with Crippen LogP contribution in [-0.4, -0.2) is 65.9 Å². The van der Waals surface area contributed by atoms with Gasteiger partial charge in [-0.1, -0.05) is 36.8 Å². The van der Waals surface area contributed by atoms with E-state index in [1.807, 2.05) is 32.3 Å². The summed E-state index contributed by atoms with van der Waals surface area (Å²) in [7, 11) is 4.00. The summed E-state index contributed by atoms with van der Waals surface area (Å²) in [4.78, 5) is 25.5. The molecule has 1 aromatic heterocycles. The van der Waals surface area contributed by atoms with Crippen molar-refractivity contribution in [2.24, 2.45) is 0 Å². The molecule has 6 nitrogen and oxygen atoms in total. The molecule has 0 atom stereocenters. The lowest BCUT2D eigenvalue weighted by atomic mass is 10.0.